The number of fused-ring (bicyclic) bond motifs is 3. The van der Waals surface area contributed by atoms with Crippen LogP contribution in [0, 0.1) is 5.92 Å². The lowest BCUT2D eigenvalue weighted by atomic mass is 10.0. The molecule has 3 nitrogen and oxygen atoms in total. The molecule has 2 aliphatic rings. The number of benzene rings is 1. The van der Waals surface area contributed by atoms with Crippen molar-refractivity contribution in [3.8, 4) is 0 Å². The van der Waals surface area contributed by atoms with Gasteiger partial charge in [0.05, 0.1) is 12.3 Å². The molecule has 1 saturated heterocycles. The lowest BCUT2D eigenvalue weighted by Gasteiger charge is -2.06. The van der Waals surface area contributed by atoms with E-state index in [2.05, 4.69) is 0 Å². The summed E-state index contributed by atoms with van der Waals surface area (Å²) in [5.41, 5.74) is 1.59. The Labute approximate surface area is 80.7 Å². The van der Waals surface area contributed by atoms with Gasteiger partial charge in [-0.25, -0.2) is 0 Å². The summed E-state index contributed by atoms with van der Waals surface area (Å²) >= 11 is 0. The van der Waals surface area contributed by atoms with Crippen molar-refractivity contribution in [1.29, 1.82) is 0 Å². The highest BCUT2D eigenvalue weighted by Crippen LogP contribution is 2.44. The number of ketones is 1. The molecule has 0 radical (unpaired) electrons. The van der Waals surface area contributed by atoms with Gasteiger partial charge in [0.25, 0.3) is 0 Å². The maximum atomic E-state index is 11.8. The fourth-order valence-electron chi connectivity index (χ4n) is 2.24. The highest BCUT2D eigenvalue weighted by atomic mass is 16.6. The van der Waals surface area contributed by atoms with Crippen LogP contribution in [0.1, 0.15) is 28.4 Å². The minimum Gasteiger partial charge on any atom is -0.457 e. The zero-order valence-corrected chi connectivity index (χ0v) is 7.40. The molecule has 14 heavy (non-hydrogen) atoms. The number of hydrogen-bond acceptors (Lipinski definition) is 3. The third-order valence-corrected chi connectivity index (χ3v) is 2.88. The predicted octanol–water partition coefficient (Wildman–Crippen LogP) is 1.49. The predicted molar refractivity (Wildman–Crippen MR) is 47.7 cm³/mol. The highest BCUT2D eigenvalue weighted by Gasteiger charge is 2.47. The van der Waals surface area contributed by atoms with Gasteiger partial charge in [0.2, 0.25) is 0 Å². The summed E-state index contributed by atoms with van der Waals surface area (Å²) in [4.78, 5) is 22.8. The smallest absolute Gasteiger partial charge is 0.307 e. The van der Waals surface area contributed by atoms with Crippen LogP contribution in [0.2, 0.25) is 0 Å². The van der Waals surface area contributed by atoms with Gasteiger partial charge in [-0.05, 0) is 0 Å². The molecule has 0 aromatic heterocycles. The van der Waals surface area contributed by atoms with E-state index in [9.17, 15) is 9.59 Å². The normalized spacial score (nSPS) is 28.6. The van der Waals surface area contributed by atoms with Crippen LogP contribution in [0.25, 0.3) is 0 Å². The summed E-state index contributed by atoms with van der Waals surface area (Å²) < 4.78 is 5.12. The quantitative estimate of drug-likeness (QED) is 0.579. The lowest BCUT2D eigenvalue weighted by Crippen LogP contribution is -2.07. The van der Waals surface area contributed by atoms with Crippen molar-refractivity contribution in [3.05, 3.63) is 35.4 Å². The molecule has 0 unspecified atom stereocenters. The number of ether oxygens (including phenoxy) is 1. The molecule has 1 aromatic rings. The third-order valence-electron chi connectivity index (χ3n) is 2.88. The van der Waals surface area contributed by atoms with Gasteiger partial charge in [0, 0.05) is 11.1 Å². The van der Waals surface area contributed by atoms with Crippen molar-refractivity contribution in [2.45, 2.75) is 12.5 Å². The maximum absolute atomic E-state index is 11.8. The highest BCUT2D eigenvalue weighted by molar-refractivity contribution is 6.05. The average molecular weight is 188 g/mol. The van der Waals surface area contributed by atoms with Crippen molar-refractivity contribution >= 4 is 11.8 Å². The van der Waals surface area contributed by atoms with Gasteiger partial charge in [-0.15, -0.1) is 0 Å². The van der Waals surface area contributed by atoms with E-state index in [1.54, 1.807) is 6.07 Å². The van der Waals surface area contributed by atoms with Crippen LogP contribution in [0.5, 0.6) is 0 Å². The summed E-state index contributed by atoms with van der Waals surface area (Å²) in [6.45, 7) is 0. The fourth-order valence-corrected chi connectivity index (χ4v) is 2.24. The summed E-state index contributed by atoms with van der Waals surface area (Å²) in [5, 5.41) is 0. The largest absolute Gasteiger partial charge is 0.457 e. The van der Waals surface area contributed by atoms with Crippen molar-refractivity contribution in [2.24, 2.45) is 5.92 Å². The van der Waals surface area contributed by atoms with Gasteiger partial charge in [0.1, 0.15) is 6.10 Å². The van der Waals surface area contributed by atoms with Crippen LogP contribution in [0.15, 0.2) is 24.3 Å². The third kappa shape index (κ3) is 0.816. The molecule has 1 fully saturated rings. The molecule has 1 aliphatic heterocycles. The van der Waals surface area contributed by atoms with Crippen molar-refractivity contribution in [3.63, 3.8) is 0 Å². The second-order valence-corrected chi connectivity index (χ2v) is 3.67. The average Bonchev–Trinajstić information content (AvgIpc) is 2.68. The zero-order valence-electron chi connectivity index (χ0n) is 7.40. The Kier molecular flexibility index (Phi) is 1.35. The van der Waals surface area contributed by atoms with E-state index >= 15 is 0 Å². The second-order valence-electron chi connectivity index (χ2n) is 3.67. The van der Waals surface area contributed by atoms with Crippen LogP contribution in [0.4, 0.5) is 0 Å². The van der Waals surface area contributed by atoms with Crippen LogP contribution in [0.3, 0.4) is 0 Å². The summed E-state index contributed by atoms with van der Waals surface area (Å²) in [6, 6.07) is 7.35. The van der Waals surface area contributed by atoms with Crippen LogP contribution >= 0.6 is 0 Å². The van der Waals surface area contributed by atoms with E-state index < -0.39 is 0 Å². The Bertz CT molecular complexity index is 436. The first-order valence-electron chi connectivity index (χ1n) is 4.60. The first-order valence-corrected chi connectivity index (χ1v) is 4.60. The molecule has 0 amide bonds. The zero-order chi connectivity index (χ0) is 9.71. The molecule has 2 atom stereocenters. The van der Waals surface area contributed by atoms with Gasteiger partial charge < -0.3 is 4.74 Å². The maximum Gasteiger partial charge on any atom is 0.307 e. The minimum absolute atomic E-state index is 0.0523. The van der Waals surface area contributed by atoms with Crippen molar-refractivity contribution in [2.75, 3.05) is 0 Å². The van der Waals surface area contributed by atoms with E-state index in [0.29, 0.717) is 0 Å². The molecular weight excluding hydrogens is 180 g/mol. The Morgan fingerprint density at radius 3 is 2.86 bits per heavy atom. The molecule has 1 aromatic carbocycles. The molecule has 70 valence electrons. The van der Waals surface area contributed by atoms with E-state index in [1.807, 2.05) is 18.2 Å². The standard InChI is InChI=1S/C11H8O3/c12-9-5-8-10(13)6-3-1-2-4-7(6)11(8)14-9/h1-4,8,11H,5H2/t8-,11+/m1/s1. The van der Waals surface area contributed by atoms with E-state index in [0.717, 1.165) is 11.1 Å². The molecular formula is C11H8O3. The Balaban J connectivity index is 2.16. The lowest BCUT2D eigenvalue weighted by molar-refractivity contribution is -0.141. The minimum atomic E-state index is -0.314. The number of Topliss-reactive ketones (excluding diaryl/α,β-unsaturated/α-hetero) is 1. The molecule has 0 N–H and O–H groups in total. The SMILES string of the molecule is O=C1C[C@@H]2C(=O)c3ccccc3[C@@H]2O1. The van der Waals surface area contributed by atoms with Gasteiger partial charge in [-0.1, -0.05) is 24.3 Å². The topological polar surface area (TPSA) is 43.4 Å². The second kappa shape index (κ2) is 2.44. The number of rotatable bonds is 0. The molecule has 0 bridgehead atoms. The van der Waals surface area contributed by atoms with Crippen LogP contribution < -0.4 is 0 Å². The van der Waals surface area contributed by atoms with E-state index in [1.165, 1.54) is 0 Å². The molecule has 0 spiro atoms. The van der Waals surface area contributed by atoms with Crippen LogP contribution in [-0.2, 0) is 9.53 Å². The molecule has 0 saturated carbocycles. The Morgan fingerprint density at radius 2 is 2.00 bits per heavy atom. The summed E-state index contributed by atoms with van der Waals surface area (Å²) in [6.07, 6.45) is -0.0794. The molecule has 3 rings (SSSR count). The first-order chi connectivity index (χ1) is 6.77. The number of hydrogen-bond donors (Lipinski definition) is 0. The molecule has 3 heteroatoms. The first kappa shape index (κ1) is 7.74. The van der Waals surface area contributed by atoms with Crippen LogP contribution in [-0.4, -0.2) is 11.8 Å². The Hall–Kier alpha value is -1.64. The van der Waals surface area contributed by atoms with E-state index in [-0.39, 0.29) is 30.2 Å². The van der Waals surface area contributed by atoms with Gasteiger partial charge in [-0.2, -0.15) is 0 Å². The van der Waals surface area contributed by atoms with Crippen molar-refractivity contribution < 1.29 is 14.3 Å². The Morgan fingerprint density at radius 1 is 1.21 bits per heavy atom. The molecule has 1 aliphatic carbocycles. The number of carbonyl (C=O) groups excluding carboxylic acids is 2. The fraction of sp³-hybridized carbons (Fsp3) is 0.273. The van der Waals surface area contributed by atoms with Crippen molar-refractivity contribution in [1.82, 2.24) is 0 Å². The summed E-state index contributed by atoms with van der Waals surface area (Å²) in [7, 11) is 0. The summed E-state index contributed by atoms with van der Waals surface area (Å²) in [5.74, 6) is -0.473. The number of carbonyl (C=O) groups is 2. The van der Waals surface area contributed by atoms with Gasteiger partial charge in [0.15, 0.2) is 5.78 Å². The van der Waals surface area contributed by atoms with Gasteiger partial charge in [-0.3, -0.25) is 9.59 Å². The van der Waals surface area contributed by atoms with Gasteiger partial charge >= 0.3 is 5.97 Å². The van der Waals surface area contributed by atoms with E-state index in [4.69, 9.17) is 4.74 Å². The molecule has 1 heterocycles. The monoisotopic (exact) mass is 188 g/mol. The number of esters is 1.